The number of alkyl halides is 1. The van der Waals surface area contributed by atoms with Gasteiger partial charge in [0, 0.05) is 6.07 Å². The van der Waals surface area contributed by atoms with E-state index in [-0.39, 0.29) is 29.2 Å². The number of benzene rings is 1. The third kappa shape index (κ3) is 3.24. The Hall–Kier alpha value is -1.27. The molecule has 1 atom stereocenters. The largest absolute Gasteiger partial charge is 0.482 e. The molecule has 5 nitrogen and oxygen atoms in total. The Labute approximate surface area is 130 Å². The summed E-state index contributed by atoms with van der Waals surface area (Å²) < 4.78 is 5.29. The van der Waals surface area contributed by atoms with Gasteiger partial charge in [0.2, 0.25) is 5.91 Å². The van der Waals surface area contributed by atoms with Gasteiger partial charge in [-0.25, -0.2) is 0 Å². The van der Waals surface area contributed by atoms with E-state index < -0.39 is 0 Å². The molecule has 0 spiro atoms. The molecule has 7 heteroatoms. The van der Waals surface area contributed by atoms with Gasteiger partial charge < -0.3 is 15.4 Å². The summed E-state index contributed by atoms with van der Waals surface area (Å²) in [4.78, 5) is 22.9. The molecule has 0 radical (unpaired) electrons. The van der Waals surface area contributed by atoms with Crippen LogP contribution >= 0.6 is 27.5 Å². The number of carbonyl (C=O) groups is 2. The number of rotatable bonds is 3. The molecule has 0 saturated carbocycles. The first kappa shape index (κ1) is 15.1. The van der Waals surface area contributed by atoms with Crippen molar-refractivity contribution in [1.82, 2.24) is 0 Å². The fourth-order valence-corrected chi connectivity index (χ4v) is 2.03. The van der Waals surface area contributed by atoms with Crippen molar-refractivity contribution in [3.63, 3.8) is 0 Å². The second kappa shape index (κ2) is 6.01. The normalized spacial score (nSPS) is 15.2. The van der Waals surface area contributed by atoms with Crippen molar-refractivity contribution >= 4 is 50.7 Å². The molecule has 0 saturated heterocycles. The standard InChI is InChI=1S/C13H14BrClN2O3/c1-6(2)12(14)13(19)17-8-4-10-9(3-7(8)15)16-11(18)5-20-10/h3-4,6,12H,5H2,1-2H3,(H,16,18)(H,17,19). The zero-order valence-electron chi connectivity index (χ0n) is 11.0. The van der Waals surface area contributed by atoms with Crippen LogP contribution in [-0.2, 0) is 9.59 Å². The van der Waals surface area contributed by atoms with Crippen LogP contribution in [0.3, 0.4) is 0 Å². The van der Waals surface area contributed by atoms with Crippen molar-refractivity contribution in [2.24, 2.45) is 5.92 Å². The molecule has 2 amide bonds. The molecule has 1 aromatic carbocycles. The van der Waals surface area contributed by atoms with E-state index in [0.717, 1.165) is 0 Å². The maximum Gasteiger partial charge on any atom is 0.262 e. The van der Waals surface area contributed by atoms with Gasteiger partial charge in [-0.05, 0) is 12.0 Å². The van der Waals surface area contributed by atoms with E-state index in [1.165, 1.54) is 0 Å². The lowest BCUT2D eigenvalue weighted by Crippen LogP contribution is -2.28. The van der Waals surface area contributed by atoms with Gasteiger partial charge in [0.25, 0.3) is 5.91 Å². The molecule has 0 aromatic heterocycles. The first-order chi connectivity index (χ1) is 9.38. The molecule has 1 unspecified atom stereocenters. The molecule has 1 aliphatic heterocycles. The van der Waals surface area contributed by atoms with E-state index in [9.17, 15) is 9.59 Å². The molecule has 20 heavy (non-hydrogen) atoms. The van der Waals surface area contributed by atoms with Crippen LogP contribution in [0.4, 0.5) is 11.4 Å². The summed E-state index contributed by atoms with van der Waals surface area (Å²) >= 11 is 9.43. The van der Waals surface area contributed by atoms with E-state index in [1.807, 2.05) is 13.8 Å². The highest BCUT2D eigenvalue weighted by atomic mass is 79.9. The molecule has 1 aromatic rings. The highest BCUT2D eigenvalue weighted by Crippen LogP contribution is 2.36. The SMILES string of the molecule is CC(C)C(Br)C(=O)Nc1cc2c(cc1Cl)NC(=O)CO2. The highest BCUT2D eigenvalue weighted by Gasteiger charge is 2.22. The number of carbonyl (C=O) groups excluding carboxylic acids is 2. The maximum atomic E-state index is 12.0. The second-order valence-electron chi connectivity index (χ2n) is 4.80. The number of ether oxygens (including phenoxy) is 1. The fraction of sp³-hybridized carbons (Fsp3) is 0.385. The Morgan fingerprint density at radius 1 is 1.50 bits per heavy atom. The zero-order valence-corrected chi connectivity index (χ0v) is 13.3. The summed E-state index contributed by atoms with van der Waals surface area (Å²) in [6.45, 7) is 3.83. The van der Waals surface area contributed by atoms with Gasteiger partial charge in [-0.1, -0.05) is 41.4 Å². The van der Waals surface area contributed by atoms with Crippen molar-refractivity contribution < 1.29 is 14.3 Å². The minimum absolute atomic E-state index is 0.0465. The summed E-state index contributed by atoms with van der Waals surface area (Å²) in [5.41, 5.74) is 0.958. The minimum atomic E-state index is -0.310. The predicted octanol–water partition coefficient (Wildman–Crippen LogP) is 3.03. The molecule has 2 N–H and O–H groups in total. The zero-order chi connectivity index (χ0) is 14.9. The van der Waals surface area contributed by atoms with Crippen molar-refractivity contribution in [2.45, 2.75) is 18.7 Å². The summed E-state index contributed by atoms with van der Waals surface area (Å²) in [6, 6.07) is 3.16. The Bertz CT molecular complexity index is 563. The van der Waals surface area contributed by atoms with Crippen molar-refractivity contribution in [1.29, 1.82) is 0 Å². The molecular weight excluding hydrogens is 348 g/mol. The van der Waals surface area contributed by atoms with Crippen molar-refractivity contribution in [3.8, 4) is 5.75 Å². The smallest absolute Gasteiger partial charge is 0.262 e. The molecule has 108 valence electrons. The molecule has 0 bridgehead atoms. The van der Waals surface area contributed by atoms with Crippen LogP contribution in [-0.4, -0.2) is 23.2 Å². The number of anilines is 2. The lowest BCUT2D eigenvalue weighted by Gasteiger charge is -2.20. The van der Waals surface area contributed by atoms with Crippen molar-refractivity contribution in [3.05, 3.63) is 17.2 Å². The van der Waals surface area contributed by atoms with Gasteiger partial charge in [0.05, 0.1) is 21.2 Å². The summed E-state index contributed by atoms with van der Waals surface area (Å²) in [7, 11) is 0. The molecule has 2 rings (SSSR count). The van der Waals surface area contributed by atoms with Gasteiger partial charge >= 0.3 is 0 Å². The van der Waals surface area contributed by atoms with Gasteiger partial charge in [-0.15, -0.1) is 0 Å². The third-order valence-corrected chi connectivity index (χ3v) is 4.58. The van der Waals surface area contributed by atoms with E-state index in [2.05, 4.69) is 26.6 Å². The Balaban J connectivity index is 2.21. The van der Waals surface area contributed by atoms with E-state index in [4.69, 9.17) is 16.3 Å². The third-order valence-electron chi connectivity index (χ3n) is 2.80. The average molecular weight is 362 g/mol. The van der Waals surface area contributed by atoms with Gasteiger partial charge in [0.1, 0.15) is 5.75 Å². The Kier molecular flexibility index (Phi) is 4.55. The lowest BCUT2D eigenvalue weighted by atomic mass is 10.1. The van der Waals surface area contributed by atoms with E-state index in [0.29, 0.717) is 22.1 Å². The number of hydrogen-bond acceptors (Lipinski definition) is 3. The maximum absolute atomic E-state index is 12.0. The number of fused-ring (bicyclic) bond motifs is 1. The van der Waals surface area contributed by atoms with Crippen LogP contribution in [0.15, 0.2) is 12.1 Å². The van der Waals surface area contributed by atoms with Crippen LogP contribution in [0, 0.1) is 5.92 Å². The topological polar surface area (TPSA) is 67.4 Å². The second-order valence-corrected chi connectivity index (χ2v) is 6.19. The first-order valence-electron chi connectivity index (χ1n) is 6.09. The quantitative estimate of drug-likeness (QED) is 0.813. The van der Waals surface area contributed by atoms with E-state index in [1.54, 1.807) is 12.1 Å². The van der Waals surface area contributed by atoms with Crippen LogP contribution in [0.2, 0.25) is 5.02 Å². The number of amides is 2. The van der Waals surface area contributed by atoms with Gasteiger partial charge in [-0.2, -0.15) is 0 Å². The summed E-state index contributed by atoms with van der Waals surface area (Å²) in [5.74, 6) is 0.231. The number of hydrogen-bond donors (Lipinski definition) is 2. The molecule has 0 aliphatic carbocycles. The highest BCUT2D eigenvalue weighted by molar-refractivity contribution is 9.10. The molecule has 1 aliphatic rings. The minimum Gasteiger partial charge on any atom is -0.482 e. The van der Waals surface area contributed by atoms with Gasteiger partial charge in [-0.3, -0.25) is 9.59 Å². The number of halogens is 2. The van der Waals surface area contributed by atoms with Crippen LogP contribution in [0.25, 0.3) is 0 Å². The molecule has 0 fully saturated rings. The van der Waals surface area contributed by atoms with Crippen LogP contribution in [0.5, 0.6) is 5.75 Å². The summed E-state index contributed by atoms with van der Waals surface area (Å²) in [6.07, 6.45) is 0. The Morgan fingerprint density at radius 3 is 2.85 bits per heavy atom. The summed E-state index contributed by atoms with van der Waals surface area (Å²) in [5, 5.41) is 5.73. The lowest BCUT2D eigenvalue weighted by molar-refractivity contribution is -0.118. The number of nitrogens with one attached hydrogen (secondary N) is 2. The van der Waals surface area contributed by atoms with Crippen molar-refractivity contribution in [2.75, 3.05) is 17.2 Å². The fourth-order valence-electron chi connectivity index (χ4n) is 1.70. The van der Waals surface area contributed by atoms with Crippen LogP contribution < -0.4 is 15.4 Å². The van der Waals surface area contributed by atoms with Gasteiger partial charge in [0.15, 0.2) is 6.61 Å². The monoisotopic (exact) mass is 360 g/mol. The predicted molar refractivity (Wildman–Crippen MR) is 81.8 cm³/mol. The molecule has 1 heterocycles. The Morgan fingerprint density at radius 2 is 2.20 bits per heavy atom. The van der Waals surface area contributed by atoms with Crippen LogP contribution in [0.1, 0.15) is 13.8 Å². The average Bonchev–Trinajstić information content (AvgIpc) is 2.38. The molecular formula is C13H14BrClN2O3. The van der Waals surface area contributed by atoms with E-state index >= 15 is 0 Å². The first-order valence-corrected chi connectivity index (χ1v) is 7.39.